The van der Waals surface area contributed by atoms with Crippen LogP contribution in [0.5, 0.6) is 5.88 Å². The number of rotatable bonds is 1. The highest BCUT2D eigenvalue weighted by atomic mass is 16.3. The normalized spacial score (nSPS) is 10.8. The van der Waals surface area contributed by atoms with Crippen LogP contribution >= 0.6 is 0 Å². The average molecular weight is 210 g/mol. The van der Waals surface area contributed by atoms with Gasteiger partial charge in [-0.3, -0.25) is 0 Å². The summed E-state index contributed by atoms with van der Waals surface area (Å²) >= 11 is 0. The third-order valence-corrected chi connectivity index (χ3v) is 2.56. The van der Waals surface area contributed by atoms with Gasteiger partial charge in [-0.15, -0.1) is 0 Å². The molecule has 0 atom stereocenters. The Bertz CT molecular complexity index is 629. The van der Waals surface area contributed by atoms with Crippen molar-refractivity contribution in [1.29, 1.82) is 0 Å². The molecule has 0 radical (unpaired) electrons. The first-order valence-electron chi connectivity index (χ1n) is 5.06. The molecule has 3 aromatic rings. The molecular weight excluding hydrogens is 200 g/mol. The van der Waals surface area contributed by atoms with Crippen molar-refractivity contribution in [2.75, 3.05) is 0 Å². The molecule has 2 aromatic heterocycles. The minimum Gasteiger partial charge on any atom is -0.495 e. The number of pyridine rings is 1. The van der Waals surface area contributed by atoms with E-state index in [0.29, 0.717) is 5.65 Å². The van der Waals surface area contributed by atoms with E-state index in [1.54, 1.807) is 12.3 Å². The van der Waals surface area contributed by atoms with E-state index in [1.807, 2.05) is 36.4 Å². The fourth-order valence-electron chi connectivity index (χ4n) is 1.79. The van der Waals surface area contributed by atoms with E-state index in [1.165, 1.54) is 0 Å². The maximum Gasteiger partial charge on any atom is 0.190 e. The second-order valence-electron chi connectivity index (χ2n) is 3.68. The zero-order valence-electron chi connectivity index (χ0n) is 8.51. The third-order valence-electron chi connectivity index (χ3n) is 2.56. The molecule has 2 heterocycles. The third kappa shape index (κ3) is 1.42. The first-order valence-corrected chi connectivity index (χ1v) is 5.06. The number of nitrogens with zero attached hydrogens (tertiary/aromatic N) is 1. The fourth-order valence-corrected chi connectivity index (χ4v) is 1.79. The Balaban J connectivity index is 2.18. The molecule has 2 N–H and O–H groups in total. The number of hydrogen-bond donors (Lipinski definition) is 2. The molecule has 0 aliphatic carbocycles. The topological polar surface area (TPSA) is 48.9 Å². The van der Waals surface area contributed by atoms with Gasteiger partial charge < -0.3 is 10.1 Å². The summed E-state index contributed by atoms with van der Waals surface area (Å²) < 4.78 is 0. The molecular formula is C13H10N2O. The lowest BCUT2D eigenvalue weighted by Crippen LogP contribution is -1.80. The summed E-state index contributed by atoms with van der Waals surface area (Å²) in [6.07, 6.45) is 1.80. The largest absolute Gasteiger partial charge is 0.495 e. The molecule has 16 heavy (non-hydrogen) atoms. The van der Waals surface area contributed by atoms with Crippen molar-refractivity contribution >= 4 is 11.0 Å². The number of aromatic hydroxyl groups is 1. The first kappa shape index (κ1) is 8.97. The number of aromatic amines is 1. The maximum absolute atomic E-state index is 9.32. The number of hydrogen-bond acceptors (Lipinski definition) is 2. The van der Waals surface area contributed by atoms with Crippen molar-refractivity contribution in [2.24, 2.45) is 0 Å². The van der Waals surface area contributed by atoms with Gasteiger partial charge in [0.2, 0.25) is 0 Å². The van der Waals surface area contributed by atoms with E-state index in [4.69, 9.17) is 0 Å². The molecule has 3 heteroatoms. The van der Waals surface area contributed by atoms with Crippen LogP contribution in [0.15, 0.2) is 48.7 Å². The molecule has 0 aliphatic rings. The second-order valence-corrected chi connectivity index (χ2v) is 3.68. The summed E-state index contributed by atoms with van der Waals surface area (Å²) in [6, 6.07) is 13.7. The first-order chi connectivity index (χ1) is 7.83. The Morgan fingerprint density at radius 3 is 2.62 bits per heavy atom. The van der Waals surface area contributed by atoms with Crippen LogP contribution in [0.2, 0.25) is 0 Å². The van der Waals surface area contributed by atoms with E-state index in [9.17, 15) is 5.11 Å². The van der Waals surface area contributed by atoms with Gasteiger partial charge in [-0.1, -0.05) is 30.3 Å². The second kappa shape index (κ2) is 3.38. The van der Waals surface area contributed by atoms with Crippen LogP contribution in [-0.4, -0.2) is 15.1 Å². The minimum atomic E-state index is 0.146. The van der Waals surface area contributed by atoms with Crippen molar-refractivity contribution in [3.8, 4) is 17.0 Å². The van der Waals surface area contributed by atoms with E-state index in [0.717, 1.165) is 16.5 Å². The van der Waals surface area contributed by atoms with Crippen molar-refractivity contribution < 1.29 is 5.11 Å². The highest BCUT2D eigenvalue weighted by Gasteiger charge is 2.03. The summed E-state index contributed by atoms with van der Waals surface area (Å²) in [4.78, 5) is 7.04. The van der Waals surface area contributed by atoms with Crippen LogP contribution in [0.1, 0.15) is 0 Å². The molecule has 0 saturated heterocycles. The molecule has 0 aliphatic heterocycles. The summed E-state index contributed by atoms with van der Waals surface area (Å²) in [7, 11) is 0. The molecule has 78 valence electrons. The number of fused-ring (bicyclic) bond motifs is 1. The molecule has 3 nitrogen and oxygen atoms in total. The van der Waals surface area contributed by atoms with Crippen molar-refractivity contribution in [3.63, 3.8) is 0 Å². The molecule has 0 spiro atoms. The van der Waals surface area contributed by atoms with Gasteiger partial charge in [-0.05, 0) is 11.6 Å². The van der Waals surface area contributed by atoms with Gasteiger partial charge >= 0.3 is 0 Å². The molecule has 0 bridgehead atoms. The molecule has 0 fully saturated rings. The van der Waals surface area contributed by atoms with Crippen LogP contribution < -0.4 is 0 Å². The lowest BCUT2D eigenvalue weighted by molar-refractivity contribution is 0.458. The van der Waals surface area contributed by atoms with Crippen LogP contribution in [0.4, 0.5) is 0 Å². The summed E-state index contributed by atoms with van der Waals surface area (Å²) in [5.41, 5.74) is 2.88. The molecule has 0 saturated carbocycles. The van der Waals surface area contributed by atoms with Gasteiger partial charge in [0.1, 0.15) is 5.65 Å². The van der Waals surface area contributed by atoms with Gasteiger partial charge in [-0.2, -0.15) is 0 Å². The number of benzene rings is 1. The monoisotopic (exact) mass is 210 g/mol. The molecule has 1 aromatic carbocycles. The number of nitrogens with one attached hydrogen (secondary N) is 1. The van der Waals surface area contributed by atoms with Crippen molar-refractivity contribution in [1.82, 2.24) is 9.97 Å². The van der Waals surface area contributed by atoms with Crippen LogP contribution in [0.25, 0.3) is 22.2 Å². The Labute approximate surface area is 92.4 Å². The van der Waals surface area contributed by atoms with Crippen LogP contribution in [0, 0.1) is 0 Å². The predicted molar refractivity (Wildman–Crippen MR) is 63.2 cm³/mol. The Kier molecular flexibility index (Phi) is 1.90. The van der Waals surface area contributed by atoms with Gasteiger partial charge in [0.25, 0.3) is 0 Å². The van der Waals surface area contributed by atoms with Crippen LogP contribution in [0.3, 0.4) is 0 Å². The van der Waals surface area contributed by atoms with Gasteiger partial charge in [0.15, 0.2) is 5.88 Å². The Hall–Kier alpha value is -2.29. The van der Waals surface area contributed by atoms with Gasteiger partial charge in [0.05, 0.1) is 0 Å². The van der Waals surface area contributed by atoms with E-state index in [-0.39, 0.29) is 5.88 Å². The zero-order valence-corrected chi connectivity index (χ0v) is 8.51. The number of H-pyrrole nitrogens is 1. The average Bonchev–Trinajstić information content (AvgIpc) is 2.69. The fraction of sp³-hybridized carbons (Fsp3) is 0. The highest BCUT2D eigenvalue weighted by Crippen LogP contribution is 2.24. The lowest BCUT2D eigenvalue weighted by Gasteiger charge is -2.00. The zero-order chi connectivity index (χ0) is 11.0. The SMILES string of the molecule is Oc1cc2cc(-c3ccccc3)cnc2[nH]1. The minimum absolute atomic E-state index is 0.146. The highest BCUT2D eigenvalue weighted by molar-refractivity contribution is 5.82. The smallest absolute Gasteiger partial charge is 0.190 e. The summed E-state index contributed by atoms with van der Waals surface area (Å²) in [5, 5.41) is 10.2. The van der Waals surface area contributed by atoms with Crippen molar-refractivity contribution in [3.05, 3.63) is 48.7 Å². The predicted octanol–water partition coefficient (Wildman–Crippen LogP) is 2.94. The Morgan fingerprint density at radius 1 is 1.00 bits per heavy atom. The molecule has 3 rings (SSSR count). The van der Waals surface area contributed by atoms with E-state index in [2.05, 4.69) is 9.97 Å². The lowest BCUT2D eigenvalue weighted by atomic mass is 10.1. The van der Waals surface area contributed by atoms with Gasteiger partial charge in [-0.25, -0.2) is 4.98 Å². The van der Waals surface area contributed by atoms with Gasteiger partial charge in [0, 0.05) is 23.2 Å². The van der Waals surface area contributed by atoms with Crippen LogP contribution in [-0.2, 0) is 0 Å². The Morgan fingerprint density at radius 2 is 1.81 bits per heavy atom. The molecule has 0 unspecified atom stereocenters. The van der Waals surface area contributed by atoms with Crippen molar-refractivity contribution in [2.45, 2.75) is 0 Å². The molecule has 0 amide bonds. The standard InChI is InChI=1S/C13H10N2O/c16-12-7-10-6-11(8-14-13(10)15-12)9-4-2-1-3-5-9/h1-8,16H,(H,14,15). The summed E-state index contributed by atoms with van der Waals surface area (Å²) in [5.74, 6) is 0.146. The summed E-state index contributed by atoms with van der Waals surface area (Å²) in [6.45, 7) is 0. The number of aromatic nitrogens is 2. The van der Waals surface area contributed by atoms with E-state index >= 15 is 0 Å². The quantitative estimate of drug-likeness (QED) is 0.648. The van der Waals surface area contributed by atoms with E-state index < -0.39 is 0 Å². The maximum atomic E-state index is 9.32.